The summed E-state index contributed by atoms with van der Waals surface area (Å²) >= 11 is 0. The Kier molecular flexibility index (Phi) is 4.72. The molecule has 1 fully saturated rings. The van der Waals surface area contributed by atoms with Gasteiger partial charge in [-0.1, -0.05) is 32.0 Å². The largest absolute Gasteiger partial charge is 0.311 e. The summed E-state index contributed by atoms with van der Waals surface area (Å²) in [4.78, 5) is 2.44. The minimum Gasteiger partial charge on any atom is -0.311 e. The summed E-state index contributed by atoms with van der Waals surface area (Å²) in [6.45, 7) is 8.63. The van der Waals surface area contributed by atoms with Crippen LogP contribution >= 0.6 is 0 Å². The van der Waals surface area contributed by atoms with Gasteiger partial charge in [0.15, 0.2) is 0 Å². The van der Waals surface area contributed by atoms with Gasteiger partial charge in [0.05, 0.1) is 0 Å². The highest BCUT2D eigenvalue weighted by Gasteiger charge is 2.21. The first-order valence-electron chi connectivity index (χ1n) is 6.86. The standard InChI is InChI=1S/C15H23FN2/c1-12(2)15-11-18(10-8-17-15)9-7-13-5-3-4-6-14(13)16/h3-6,12,15,17H,7-11H2,1-2H3. The predicted molar refractivity (Wildman–Crippen MR) is 73.2 cm³/mol. The van der Waals surface area contributed by atoms with Crippen LogP contribution < -0.4 is 5.32 Å². The summed E-state index contributed by atoms with van der Waals surface area (Å²) in [5, 5.41) is 3.54. The molecule has 1 heterocycles. The fourth-order valence-corrected chi connectivity index (χ4v) is 2.47. The number of hydrogen-bond donors (Lipinski definition) is 1. The van der Waals surface area contributed by atoms with E-state index in [9.17, 15) is 4.39 Å². The lowest BCUT2D eigenvalue weighted by molar-refractivity contribution is 0.176. The number of hydrogen-bond acceptors (Lipinski definition) is 2. The highest BCUT2D eigenvalue weighted by molar-refractivity contribution is 5.17. The van der Waals surface area contributed by atoms with Gasteiger partial charge in [-0.25, -0.2) is 4.39 Å². The number of nitrogens with zero attached hydrogens (tertiary/aromatic N) is 1. The maximum atomic E-state index is 13.5. The first kappa shape index (κ1) is 13.5. The third-order valence-corrected chi connectivity index (χ3v) is 3.75. The normalized spacial score (nSPS) is 21.4. The van der Waals surface area contributed by atoms with Gasteiger partial charge in [-0.3, -0.25) is 0 Å². The molecule has 1 aliphatic heterocycles. The van der Waals surface area contributed by atoms with Crippen LogP contribution in [0.4, 0.5) is 4.39 Å². The zero-order valence-corrected chi connectivity index (χ0v) is 11.3. The van der Waals surface area contributed by atoms with E-state index in [4.69, 9.17) is 0 Å². The van der Waals surface area contributed by atoms with Crippen molar-refractivity contribution in [1.82, 2.24) is 10.2 Å². The van der Waals surface area contributed by atoms with Gasteiger partial charge in [-0.2, -0.15) is 0 Å². The molecule has 1 atom stereocenters. The van der Waals surface area contributed by atoms with Crippen molar-refractivity contribution >= 4 is 0 Å². The molecule has 0 aliphatic carbocycles. The number of piperazine rings is 1. The second-order valence-corrected chi connectivity index (χ2v) is 5.45. The van der Waals surface area contributed by atoms with Crippen LogP contribution in [0.3, 0.4) is 0 Å². The van der Waals surface area contributed by atoms with E-state index in [2.05, 4.69) is 24.1 Å². The van der Waals surface area contributed by atoms with Crippen LogP contribution in [0.5, 0.6) is 0 Å². The highest BCUT2D eigenvalue weighted by Crippen LogP contribution is 2.11. The van der Waals surface area contributed by atoms with Crippen LogP contribution in [0.2, 0.25) is 0 Å². The molecule has 0 spiro atoms. The van der Waals surface area contributed by atoms with Crippen molar-refractivity contribution in [2.75, 3.05) is 26.2 Å². The quantitative estimate of drug-likeness (QED) is 0.882. The van der Waals surface area contributed by atoms with Crippen molar-refractivity contribution in [2.45, 2.75) is 26.3 Å². The molecule has 100 valence electrons. The van der Waals surface area contributed by atoms with E-state index in [-0.39, 0.29) is 5.82 Å². The zero-order valence-electron chi connectivity index (χ0n) is 11.3. The molecule has 0 bridgehead atoms. The first-order chi connectivity index (χ1) is 8.66. The minimum atomic E-state index is -0.0759. The van der Waals surface area contributed by atoms with Gasteiger partial charge < -0.3 is 10.2 Å². The van der Waals surface area contributed by atoms with Crippen molar-refractivity contribution in [3.63, 3.8) is 0 Å². The minimum absolute atomic E-state index is 0.0759. The monoisotopic (exact) mass is 250 g/mol. The number of halogens is 1. The molecule has 1 aliphatic rings. The van der Waals surface area contributed by atoms with E-state index in [0.29, 0.717) is 12.0 Å². The summed E-state index contributed by atoms with van der Waals surface area (Å²) in [6.07, 6.45) is 0.803. The molecular formula is C15H23FN2. The predicted octanol–water partition coefficient (Wildman–Crippen LogP) is 2.30. The maximum Gasteiger partial charge on any atom is 0.126 e. The summed E-state index contributed by atoms with van der Waals surface area (Å²) in [5.41, 5.74) is 0.831. The molecule has 1 N–H and O–H groups in total. The van der Waals surface area contributed by atoms with Gasteiger partial charge in [0.25, 0.3) is 0 Å². The summed E-state index contributed by atoms with van der Waals surface area (Å²) in [7, 11) is 0. The van der Waals surface area contributed by atoms with Crippen molar-refractivity contribution in [1.29, 1.82) is 0 Å². The Morgan fingerprint density at radius 1 is 1.39 bits per heavy atom. The molecule has 1 saturated heterocycles. The Labute approximate surface area is 109 Å². The number of nitrogens with one attached hydrogen (secondary N) is 1. The molecule has 2 nitrogen and oxygen atoms in total. The second-order valence-electron chi connectivity index (χ2n) is 5.45. The molecule has 2 rings (SSSR count). The first-order valence-corrected chi connectivity index (χ1v) is 6.86. The summed E-state index contributed by atoms with van der Waals surface area (Å²) < 4.78 is 13.5. The molecular weight excluding hydrogens is 227 g/mol. The van der Waals surface area contributed by atoms with Crippen LogP contribution in [0.15, 0.2) is 24.3 Å². The Morgan fingerprint density at radius 2 is 2.17 bits per heavy atom. The van der Waals surface area contributed by atoms with Crippen molar-refractivity contribution in [3.05, 3.63) is 35.6 Å². The lowest BCUT2D eigenvalue weighted by Gasteiger charge is -2.35. The molecule has 0 amide bonds. The van der Waals surface area contributed by atoms with Gasteiger partial charge in [0, 0.05) is 32.2 Å². The SMILES string of the molecule is CC(C)C1CN(CCc2ccccc2F)CCN1. The smallest absolute Gasteiger partial charge is 0.126 e. The lowest BCUT2D eigenvalue weighted by Crippen LogP contribution is -2.53. The van der Waals surface area contributed by atoms with Crippen molar-refractivity contribution in [2.24, 2.45) is 5.92 Å². The van der Waals surface area contributed by atoms with Gasteiger partial charge in [0.2, 0.25) is 0 Å². The average Bonchev–Trinajstić information content (AvgIpc) is 2.38. The van der Waals surface area contributed by atoms with Crippen LogP contribution in [0, 0.1) is 11.7 Å². The van der Waals surface area contributed by atoms with Crippen LogP contribution in [-0.4, -0.2) is 37.1 Å². The van der Waals surface area contributed by atoms with Crippen molar-refractivity contribution < 1.29 is 4.39 Å². The summed E-state index contributed by atoms with van der Waals surface area (Å²) in [5.74, 6) is 0.578. The lowest BCUT2D eigenvalue weighted by atomic mass is 10.0. The van der Waals surface area contributed by atoms with Gasteiger partial charge in [-0.05, 0) is 24.0 Å². The molecule has 18 heavy (non-hydrogen) atoms. The molecule has 0 radical (unpaired) electrons. The molecule has 0 aromatic heterocycles. The molecule has 3 heteroatoms. The molecule has 1 aromatic carbocycles. The van der Waals surface area contributed by atoms with Gasteiger partial charge >= 0.3 is 0 Å². The zero-order chi connectivity index (χ0) is 13.0. The van der Waals surface area contributed by atoms with E-state index in [1.807, 2.05) is 12.1 Å². The summed E-state index contributed by atoms with van der Waals surface area (Å²) in [6, 6.07) is 7.66. The van der Waals surface area contributed by atoms with E-state index in [1.165, 1.54) is 0 Å². The maximum absolute atomic E-state index is 13.5. The second kappa shape index (κ2) is 6.30. The Balaban J connectivity index is 1.85. The Morgan fingerprint density at radius 3 is 2.89 bits per heavy atom. The van der Waals surface area contributed by atoms with E-state index >= 15 is 0 Å². The third kappa shape index (κ3) is 3.53. The van der Waals surface area contributed by atoms with E-state index in [1.54, 1.807) is 12.1 Å². The number of benzene rings is 1. The fourth-order valence-electron chi connectivity index (χ4n) is 2.47. The van der Waals surface area contributed by atoms with Crippen LogP contribution in [0.25, 0.3) is 0 Å². The van der Waals surface area contributed by atoms with Crippen LogP contribution in [-0.2, 0) is 6.42 Å². The highest BCUT2D eigenvalue weighted by atomic mass is 19.1. The molecule has 0 saturated carbocycles. The van der Waals surface area contributed by atoms with Gasteiger partial charge in [-0.15, -0.1) is 0 Å². The van der Waals surface area contributed by atoms with E-state index in [0.717, 1.165) is 38.2 Å². The van der Waals surface area contributed by atoms with E-state index < -0.39 is 0 Å². The van der Waals surface area contributed by atoms with Crippen molar-refractivity contribution in [3.8, 4) is 0 Å². The van der Waals surface area contributed by atoms with Crippen LogP contribution in [0.1, 0.15) is 19.4 Å². The van der Waals surface area contributed by atoms with Gasteiger partial charge in [0.1, 0.15) is 5.82 Å². The average molecular weight is 250 g/mol. The third-order valence-electron chi connectivity index (χ3n) is 3.75. The Hall–Kier alpha value is -0.930. The number of rotatable bonds is 4. The fraction of sp³-hybridized carbons (Fsp3) is 0.600. The molecule has 1 aromatic rings. The topological polar surface area (TPSA) is 15.3 Å². The Bertz CT molecular complexity index is 379. The molecule has 1 unspecified atom stereocenters.